The van der Waals surface area contributed by atoms with Gasteiger partial charge in [-0.3, -0.25) is 9.78 Å². The highest BCUT2D eigenvalue weighted by atomic mass is 79.9. The monoisotopic (exact) mass is 338 g/mol. The van der Waals surface area contributed by atoms with Crippen LogP contribution in [0.15, 0.2) is 47.2 Å². The minimum absolute atomic E-state index is 0.106. The van der Waals surface area contributed by atoms with E-state index in [2.05, 4.69) is 26.2 Å². The molecule has 1 amide bonds. The average molecular weight is 340 g/mol. The summed E-state index contributed by atoms with van der Waals surface area (Å²) in [7, 11) is 0. The molecule has 0 fully saturated rings. The van der Waals surface area contributed by atoms with Crippen LogP contribution in [0, 0.1) is 0 Å². The van der Waals surface area contributed by atoms with Crippen molar-refractivity contribution < 1.29 is 4.79 Å². The fourth-order valence-corrected chi connectivity index (χ4v) is 2.25. The second-order valence-corrected chi connectivity index (χ2v) is 5.42. The largest absolute Gasteiger partial charge is 0.345 e. The van der Waals surface area contributed by atoms with Gasteiger partial charge in [-0.05, 0) is 42.8 Å². The van der Waals surface area contributed by atoms with Gasteiger partial charge in [-0.15, -0.1) is 0 Å². The summed E-state index contributed by atoms with van der Waals surface area (Å²) >= 11 is 9.36. The van der Waals surface area contributed by atoms with Gasteiger partial charge in [-0.25, -0.2) is 0 Å². The molecule has 19 heavy (non-hydrogen) atoms. The Kier molecular flexibility index (Phi) is 4.56. The molecule has 1 heterocycles. The highest BCUT2D eigenvalue weighted by Gasteiger charge is 2.14. The van der Waals surface area contributed by atoms with Crippen molar-refractivity contribution in [3.05, 3.63) is 63.3 Å². The number of hydrogen-bond acceptors (Lipinski definition) is 2. The molecule has 1 unspecified atom stereocenters. The lowest BCUT2D eigenvalue weighted by Crippen LogP contribution is -2.26. The van der Waals surface area contributed by atoms with Crippen molar-refractivity contribution >= 4 is 33.4 Å². The Morgan fingerprint density at radius 3 is 2.68 bits per heavy atom. The van der Waals surface area contributed by atoms with Gasteiger partial charge in [-0.1, -0.05) is 27.5 Å². The van der Waals surface area contributed by atoms with E-state index < -0.39 is 0 Å². The number of nitrogens with zero attached hydrogens (tertiary/aromatic N) is 1. The van der Waals surface area contributed by atoms with E-state index in [-0.39, 0.29) is 11.9 Å². The van der Waals surface area contributed by atoms with E-state index in [4.69, 9.17) is 11.6 Å². The van der Waals surface area contributed by atoms with Gasteiger partial charge >= 0.3 is 0 Å². The van der Waals surface area contributed by atoms with Crippen molar-refractivity contribution in [2.75, 3.05) is 0 Å². The Morgan fingerprint density at radius 2 is 2.00 bits per heavy atom. The Morgan fingerprint density at radius 1 is 1.32 bits per heavy atom. The molecule has 1 atom stereocenters. The number of carbonyl (C=O) groups is 1. The zero-order valence-corrected chi connectivity index (χ0v) is 12.6. The predicted octanol–water partition coefficient (Wildman–Crippen LogP) is 3.99. The van der Waals surface area contributed by atoms with Gasteiger partial charge < -0.3 is 5.32 Å². The summed E-state index contributed by atoms with van der Waals surface area (Å²) in [5.41, 5.74) is 1.45. The zero-order chi connectivity index (χ0) is 13.8. The topological polar surface area (TPSA) is 42.0 Å². The summed E-state index contributed by atoms with van der Waals surface area (Å²) in [5, 5.41) is 3.34. The second kappa shape index (κ2) is 6.17. The first-order chi connectivity index (χ1) is 9.08. The van der Waals surface area contributed by atoms with Gasteiger partial charge in [0, 0.05) is 16.9 Å². The summed E-state index contributed by atoms with van der Waals surface area (Å²) < 4.78 is 0.818. The first-order valence-corrected chi connectivity index (χ1v) is 6.91. The number of halogens is 2. The lowest BCUT2D eigenvalue weighted by molar-refractivity contribution is 0.0940. The number of amides is 1. The van der Waals surface area contributed by atoms with Crippen molar-refractivity contribution in [3.8, 4) is 0 Å². The molecule has 0 saturated carbocycles. The summed E-state index contributed by atoms with van der Waals surface area (Å²) in [5.74, 6) is -0.199. The molecule has 0 spiro atoms. The molecule has 98 valence electrons. The molecule has 2 aromatic rings. The normalized spacial score (nSPS) is 11.9. The van der Waals surface area contributed by atoms with Gasteiger partial charge in [0.05, 0.1) is 16.6 Å². The molecule has 2 rings (SSSR count). The Labute approximate surface area is 125 Å². The summed E-state index contributed by atoms with van der Waals surface area (Å²) in [6, 6.07) is 8.83. The number of aromatic nitrogens is 1. The van der Waals surface area contributed by atoms with Crippen LogP contribution in [0.25, 0.3) is 0 Å². The molecule has 1 aromatic carbocycles. The molecule has 1 N–H and O–H groups in total. The van der Waals surface area contributed by atoms with Crippen molar-refractivity contribution in [2.24, 2.45) is 0 Å². The van der Waals surface area contributed by atoms with Crippen molar-refractivity contribution in [1.82, 2.24) is 10.3 Å². The maximum absolute atomic E-state index is 12.2. The zero-order valence-electron chi connectivity index (χ0n) is 10.2. The van der Waals surface area contributed by atoms with Gasteiger partial charge in [-0.2, -0.15) is 0 Å². The maximum Gasteiger partial charge on any atom is 0.253 e. The van der Waals surface area contributed by atoms with Gasteiger partial charge in [0.1, 0.15) is 0 Å². The highest BCUT2D eigenvalue weighted by Crippen LogP contribution is 2.22. The number of nitrogens with one attached hydrogen (secondary N) is 1. The first kappa shape index (κ1) is 14.0. The van der Waals surface area contributed by atoms with Crippen LogP contribution in [0.5, 0.6) is 0 Å². The highest BCUT2D eigenvalue weighted by molar-refractivity contribution is 9.10. The fraction of sp³-hybridized carbons (Fsp3) is 0.143. The average Bonchev–Trinajstić information content (AvgIpc) is 2.42. The third kappa shape index (κ3) is 3.55. The molecule has 3 nitrogen and oxygen atoms in total. The lowest BCUT2D eigenvalue weighted by atomic mass is 10.1. The van der Waals surface area contributed by atoms with Crippen LogP contribution in [0.3, 0.4) is 0 Å². The van der Waals surface area contributed by atoms with E-state index in [0.717, 1.165) is 10.0 Å². The second-order valence-electron chi connectivity index (χ2n) is 4.10. The van der Waals surface area contributed by atoms with E-state index in [1.54, 1.807) is 30.6 Å². The fourth-order valence-electron chi connectivity index (χ4n) is 1.68. The van der Waals surface area contributed by atoms with E-state index in [0.29, 0.717) is 10.6 Å². The van der Waals surface area contributed by atoms with Crippen LogP contribution in [0.1, 0.15) is 28.9 Å². The molecule has 0 aliphatic rings. The smallest absolute Gasteiger partial charge is 0.253 e. The van der Waals surface area contributed by atoms with E-state index in [1.807, 2.05) is 19.1 Å². The third-order valence-corrected chi connectivity index (χ3v) is 3.55. The van der Waals surface area contributed by atoms with Crippen molar-refractivity contribution in [1.29, 1.82) is 0 Å². The van der Waals surface area contributed by atoms with Gasteiger partial charge in [0.15, 0.2) is 0 Å². The molecular weight excluding hydrogens is 328 g/mol. The van der Waals surface area contributed by atoms with E-state index >= 15 is 0 Å². The molecule has 0 bridgehead atoms. The quantitative estimate of drug-likeness (QED) is 0.918. The Balaban J connectivity index is 2.15. The number of carbonyl (C=O) groups excluding carboxylic acids is 1. The Hall–Kier alpha value is -1.39. The van der Waals surface area contributed by atoms with Crippen molar-refractivity contribution in [3.63, 3.8) is 0 Å². The summed E-state index contributed by atoms with van der Waals surface area (Å²) in [6.45, 7) is 1.92. The van der Waals surface area contributed by atoms with Crippen LogP contribution in [0.2, 0.25) is 5.02 Å². The van der Waals surface area contributed by atoms with Crippen LogP contribution >= 0.6 is 27.5 Å². The molecule has 1 aromatic heterocycles. The molecule has 0 aliphatic heterocycles. The third-order valence-electron chi connectivity index (χ3n) is 2.73. The predicted molar refractivity (Wildman–Crippen MR) is 79.3 cm³/mol. The van der Waals surface area contributed by atoms with Crippen LogP contribution in [0.4, 0.5) is 0 Å². The summed E-state index contributed by atoms with van der Waals surface area (Å²) in [4.78, 5) is 16.1. The van der Waals surface area contributed by atoms with Gasteiger partial charge in [0.2, 0.25) is 0 Å². The Bertz CT molecular complexity index is 589. The van der Waals surface area contributed by atoms with Crippen LogP contribution < -0.4 is 5.32 Å². The molecule has 5 heteroatoms. The molecular formula is C14H12BrClN2O. The first-order valence-electron chi connectivity index (χ1n) is 5.74. The van der Waals surface area contributed by atoms with Crippen molar-refractivity contribution in [2.45, 2.75) is 13.0 Å². The lowest BCUT2D eigenvalue weighted by Gasteiger charge is -2.14. The van der Waals surface area contributed by atoms with Crippen LogP contribution in [-0.2, 0) is 0 Å². The van der Waals surface area contributed by atoms with Crippen LogP contribution in [-0.4, -0.2) is 10.9 Å². The standard InChI is InChI=1S/C14H12BrClN2O/c1-9(10-4-6-17-7-5-10)18-14(19)12-8-11(15)2-3-13(12)16/h2-9H,1H3,(H,18,19). The molecule has 0 aliphatic carbocycles. The number of hydrogen-bond donors (Lipinski definition) is 1. The minimum atomic E-state index is -0.199. The van der Waals surface area contributed by atoms with Gasteiger partial charge in [0.25, 0.3) is 5.91 Å². The van der Waals surface area contributed by atoms with E-state index in [9.17, 15) is 4.79 Å². The number of pyridine rings is 1. The maximum atomic E-state index is 12.2. The minimum Gasteiger partial charge on any atom is -0.345 e. The molecule has 0 radical (unpaired) electrons. The number of benzene rings is 1. The summed E-state index contributed by atoms with van der Waals surface area (Å²) in [6.07, 6.45) is 3.40. The number of rotatable bonds is 3. The molecule has 0 saturated heterocycles. The SMILES string of the molecule is CC(NC(=O)c1cc(Br)ccc1Cl)c1ccncc1. The van der Waals surface area contributed by atoms with E-state index in [1.165, 1.54) is 0 Å².